The van der Waals surface area contributed by atoms with Gasteiger partial charge in [-0.25, -0.2) is 4.79 Å². The average Bonchev–Trinajstić information content (AvgIpc) is 3.52. The van der Waals surface area contributed by atoms with Gasteiger partial charge in [0, 0.05) is 24.3 Å². The molecule has 1 spiro atoms. The third kappa shape index (κ3) is 3.43. The number of ether oxygens (including phenoxy) is 5. The molecule has 4 aliphatic heterocycles. The van der Waals surface area contributed by atoms with Crippen LogP contribution in [0.15, 0.2) is 23.8 Å². The number of carbonyl (C=O) groups is 2. The van der Waals surface area contributed by atoms with Crippen molar-refractivity contribution < 1.29 is 33.3 Å². The Morgan fingerprint density at radius 3 is 2.69 bits per heavy atom. The minimum absolute atomic E-state index is 0.0313. The first-order chi connectivity index (χ1) is 13.7. The SMILES string of the molecule is C=C1C[C@H]2O[C@H]2[C@]2(CC[C@@H]3/C(=C\[C@H](OC(C)=O)[C@H]4OC4(C)C)C(=O)OC[C@@H]13)CO2. The molecule has 0 amide bonds. The summed E-state index contributed by atoms with van der Waals surface area (Å²) in [4.78, 5) is 24.4. The van der Waals surface area contributed by atoms with Crippen LogP contribution in [0.4, 0.5) is 0 Å². The number of epoxide rings is 3. The van der Waals surface area contributed by atoms with E-state index in [2.05, 4.69) is 6.58 Å². The Hall–Kier alpha value is -1.70. The maximum Gasteiger partial charge on any atom is 0.334 e. The molecule has 4 saturated heterocycles. The molecule has 0 N–H and O–H groups in total. The second-order valence-electron chi connectivity index (χ2n) is 9.50. The van der Waals surface area contributed by atoms with Crippen molar-refractivity contribution in [1.82, 2.24) is 0 Å². The molecule has 0 bridgehead atoms. The smallest absolute Gasteiger partial charge is 0.334 e. The van der Waals surface area contributed by atoms with Crippen molar-refractivity contribution in [1.29, 1.82) is 0 Å². The van der Waals surface area contributed by atoms with E-state index in [0.29, 0.717) is 18.8 Å². The fourth-order valence-electron chi connectivity index (χ4n) is 5.11. The van der Waals surface area contributed by atoms with Gasteiger partial charge in [0.1, 0.15) is 23.9 Å². The second kappa shape index (κ2) is 6.40. The summed E-state index contributed by atoms with van der Waals surface area (Å²) in [6.07, 6.45) is 3.52. The van der Waals surface area contributed by atoms with Crippen molar-refractivity contribution >= 4 is 11.9 Å². The van der Waals surface area contributed by atoms with Crippen LogP contribution in [-0.2, 0) is 33.3 Å². The van der Waals surface area contributed by atoms with Crippen LogP contribution >= 0.6 is 0 Å². The zero-order valence-corrected chi connectivity index (χ0v) is 17.1. The summed E-state index contributed by atoms with van der Waals surface area (Å²) in [6, 6.07) is 0. The van der Waals surface area contributed by atoms with E-state index in [4.69, 9.17) is 23.7 Å². The maximum atomic E-state index is 12.8. The van der Waals surface area contributed by atoms with Gasteiger partial charge in [0.05, 0.1) is 24.9 Å². The van der Waals surface area contributed by atoms with Gasteiger partial charge < -0.3 is 23.7 Å². The monoisotopic (exact) mass is 404 g/mol. The molecule has 7 atom stereocenters. The standard InChI is InChI=1S/C22H28O7/c1-11-7-16-19(28-16)22(10-26-22)6-5-13-14(20(24)25-9-15(11)13)8-17(27-12(2)23)18-21(3,4)29-18/h8,13,15-19H,1,5-7,9-10H2,2-4H3/b14-8+/t13-,15+,16-,17+,18-,19-,22+/m1/s1. The molecule has 1 aliphatic carbocycles. The first kappa shape index (κ1) is 19.3. The average molecular weight is 404 g/mol. The zero-order valence-electron chi connectivity index (χ0n) is 17.1. The lowest BCUT2D eigenvalue weighted by atomic mass is 9.75. The highest BCUT2D eigenvalue weighted by molar-refractivity contribution is 5.90. The predicted molar refractivity (Wildman–Crippen MR) is 101 cm³/mol. The van der Waals surface area contributed by atoms with Gasteiger partial charge in [-0.15, -0.1) is 0 Å². The van der Waals surface area contributed by atoms with Crippen LogP contribution in [-0.4, -0.2) is 60.8 Å². The number of hydrogen-bond acceptors (Lipinski definition) is 7. The summed E-state index contributed by atoms with van der Waals surface area (Å²) in [5, 5.41) is 0. The highest BCUT2D eigenvalue weighted by Gasteiger charge is 2.64. The van der Waals surface area contributed by atoms with Crippen molar-refractivity contribution in [3.8, 4) is 0 Å². The molecule has 158 valence electrons. The van der Waals surface area contributed by atoms with E-state index in [9.17, 15) is 9.59 Å². The van der Waals surface area contributed by atoms with Crippen LogP contribution in [0.25, 0.3) is 0 Å². The van der Waals surface area contributed by atoms with Crippen molar-refractivity contribution in [2.45, 2.75) is 75.7 Å². The quantitative estimate of drug-likeness (QED) is 0.308. The van der Waals surface area contributed by atoms with E-state index in [1.54, 1.807) is 6.08 Å². The highest BCUT2D eigenvalue weighted by Crippen LogP contribution is 2.53. The van der Waals surface area contributed by atoms with Crippen LogP contribution in [0.2, 0.25) is 0 Å². The van der Waals surface area contributed by atoms with Crippen molar-refractivity contribution in [3.63, 3.8) is 0 Å². The van der Waals surface area contributed by atoms with E-state index in [0.717, 1.165) is 24.8 Å². The summed E-state index contributed by atoms with van der Waals surface area (Å²) in [5.41, 5.74) is 1.02. The predicted octanol–water partition coefficient (Wildman–Crippen LogP) is 2.09. The number of fused-ring (bicyclic) bond motifs is 3. The third-order valence-electron chi connectivity index (χ3n) is 7.00. The molecule has 0 aromatic rings. The number of hydrogen-bond donors (Lipinski definition) is 0. The molecule has 7 heteroatoms. The topological polar surface area (TPSA) is 90.2 Å². The minimum Gasteiger partial charge on any atom is -0.462 e. The summed E-state index contributed by atoms with van der Waals surface area (Å²) >= 11 is 0. The molecule has 4 heterocycles. The molecule has 0 unspecified atom stereocenters. The number of rotatable bonds is 3. The molecule has 1 saturated carbocycles. The summed E-state index contributed by atoms with van der Waals surface area (Å²) in [7, 11) is 0. The first-order valence-corrected chi connectivity index (χ1v) is 10.4. The number of cyclic esters (lactones) is 1. The van der Waals surface area contributed by atoms with Crippen LogP contribution in [0, 0.1) is 11.8 Å². The second-order valence-corrected chi connectivity index (χ2v) is 9.50. The molecule has 0 aromatic heterocycles. The molecule has 5 aliphatic rings. The third-order valence-corrected chi connectivity index (χ3v) is 7.00. The lowest BCUT2D eigenvalue weighted by Crippen LogP contribution is -2.36. The molecule has 5 fully saturated rings. The fraction of sp³-hybridized carbons (Fsp3) is 0.727. The van der Waals surface area contributed by atoms with Gasteiger partial charge in [-0.3, -0.25) is 4.79 Å². The Labute approximate surface area is 170 Å². The summed E-state index contributed by atoms with van der Waals surface area (Å²) in [6.45, 7) is 10.6. The first-order valence-electron chi connectivity index (χ1n) is 10.4. The maximum absolute atomic E-state index is 12.8. The normalized spacial score (nSPS) is 44.5. The van der Waals surface area contributed by atoms with Crippen molar-refractivity contribution in [2.75, 3.05) is 13.2 Å². The Morgan fingerprint density at radius 2 is 2.07 bits per heavy atom. The summed E-state index contributed by atoms with van der Waals surface area (Å²) < 4.78 is 28.4. The Morgan fingerprint density at radius 1 is 1.34 bits per heavy atom. The minimum atomic E-state index is -0.618. The van der Waals surface area contributed by atoms with Gasteiger partial charge in [0.15, 0.2) is 0 Å². The van der Waals surface area contributed by atoms with Gasteiger partial charge in [0.25, 0.3) is 0 Å². The van der Waals surface area contributed by atoms with Gasteiger partial charge >= 0.3 is 11.9 Å². The van der Waals surface area contributed by atoms with Crippen molar-refractivity contribution in [3.05, 3.63) is 23.8 Å². The Balaban J connectivity index is 1.45. The molecule has 0 radical (unpaired) electrons. The van der Waals surface area contributed by atoms with E-state index in [1.807, 2.05) is 13.8 Å². The van der Waals surface area contributed by atoms with Crippen LogP contribution in [0.5, 0.6) is 0 Å². The molecule has 5 rings (SSSR count). The molecular weight excluding hydrogens is 376 g/mol. The molecule has 29 heavy (non-hydrogen) atoms. The highest BCUT2D eigenvalue weighted by atomic mass is 16.7. The van der Waals surface area contributed by atoms with Gasteiger partial charge in [0.2, 0.25) is 0 Å². The fourth-order valence-corrected chi connectivity index (χ4v) is 5.11. The van der Waals surface area contributed by atoms with Crippen molar-refractivity contribution in [2.24, 2.45) is 11.8 Å². The van der Waals surface area contributed by atoms with E-state index >= 15 is 0 Å². The van der Waals surface area contributed by atoms with Gasteiger partial charge in [-0.2, -0.15) is 0 Å². The zero-order chi connectivity index (χ0) is 20.6. The van der Waals surface area contributed by atoms with Gasteiger partial charge in [-0.1, -0.05) is 12.2 Å². The lowest BCUT2D eigenvalue weighted by molar-refractivity contribution is -0.147. The van der Waals surface area contributed by atoms with Crippen LogP contribution < -0.4 is 0 Å². The van der Waals surface area contributed by atoms with E-state index < -0.39 is 12.1 Å². The lowest BCUT2D eigenvalue weighted by Gasteiger charge is -2.34. The molecule has 0 aromatic carbocycles. The van der Waals surface area contributed by atoms with E-state index in [-0.39, 0.29) is 47.3 Å². The van der Waals surface area contributed by atoms with Crippen LogP contribution in [0.1, 0.15) is 40.0 Å². The molecule has 7 nitrogen and oxygen atoms in total. The van der Waals surface area contributed by atoms with E-state index in [1.165, 1.54) is 6.92 Å². The molecular formula is C22H28O7. The Bertz CT molecular complexity index is 793. The largest absolute Gasteiger partial charge is 0.462 e. The van der Waals surface area contributed by atoms with Crippen LogP contribution in [0.3, 0.4) is 0 Å². The Kier molecular flexibility index (Phi) is 4.25. The number of esters is 2. The summed E-state index contributed by atoms with van der Waals surface area (Å²) in [5.74, 6) is -0.757. The van der Waals surface area contributed by atoms with Gasteiger partial charge in [-0.05, 0) is 39.2 Å². The number of carbonyl (C=O) groups excluding carboxylic acids is 2.